The van der Waals surface area contributed by atoms with Crippen LogP contribution in [-0.2, 0) is 4.79 Å². The third-order valence-corrected chi connectivity index (χ3v) is 4.61. The van der Waals surface area contributed by atoms with Gasteiger partial charge in [0.2, 0.25) is 5.91 Å². The molecule has 124 valence electrons. The van der Waals surface area contributed by atoms with E-state index in [1.165, 1.54) is 0 Å². The largest absolute Gasteiger partial charge is 0.324 e. The molecular formula is C20H16ClN3O. The smallest absolute Gasteiger partial charge is 0.233 e. The number of anilines is 1. The van der Waals surface area contributed by atoms with Crippen LogP contribution in [0.3, 0.4) is 0 Å². The van der Waals surface area contributed by atoms with Crippen molar-refractivity contribution in [3.63, 3.8) is 0 Å². The molecule has 4 nitrogen and oxygen atoms in total. The van der Waals surface area contributed by atoms with E-state index in [1.54, 1.807) is 6.20 Å². The van der Waals surface area contributed by atoms with Gasteiger partial charge in [-0.15, -0.1) is 0 Å². The number of allylic oxidation sites excluding steroid dienone is 2. The van der Waals surface area contributed by atoms with Crippen molar-refractivity contribution < 1.29 is 4.79 Å². The fourth-order valence-electron chi connectivity index (χ4n) is 3.01. The van der Waals surface area contributed by atoms with E-state index in [4.69, 9.17) is 11.6 Å². The molecule has 2 heterocycles. The Morgan fingerprint density at radius 1 is 1.20 bits per heavy atom. The van der Waals surface area contributed by atoms with Gasteiger partial charge in [0.25, 0.3) is 0 Å². The summed E-state index contributed by atoms with van der Waals surface area (Å²) >= 11 is 6.12. The average molecular weight is 350 g/mol. The molecule has 0 radical (unpaired) electrons. The lowest BCUT2D eigenvalue weighted by Crippen LogP contribution is -2.29. The second kappa shape index (κ2) is 6.65. The molecule has 0 saturated heterocycles. The molecule has 1 aliphatic heterocycles. The highest BCUT2D eigenvalue weighted by atomic mass is 35.5. The Labute approximate surface area is 151 Å². The zero-order valence-corrected chi connectivity index (χ0v) is 14.2. The molecule has 1 N–H and O–H groups in total. The molecule has 1 aromatic carbocycles. The van der Waals surface area contributed by atoms with Crippen molar-refractivity contribution in [2.75, 3.05) is 5.32 Å². The molecule has 0 saturated carbocycles. The summed E-state index contributed by atoms with van der Waals surface area (Å²) in [6.45, 7) is 0. The number of carbonyl (C=O) groups is 1. The second-order valence-corrected chi connectivity index (χ2v) is 6.56. The fraction of sp³-hybridized carbons (Fsp3) is 0.150. The number of nitrogens with zero attached hydrogens (tertiary/aromatic N) is 2. The third kappa shape index (κ3) is 3.39. The molecule has 1 atom stereocenters. The van der Waals surface area contributed by atoms with Crippen molar-refractivity contribution in [3.05, 3.63) is 65.0 Å². The highest BCUT2D eigenvalue weighted by molar-refractivity contribution is 6.33. The van der Waals surface area contributed by atoms with Gasteiger partial charge >= 0.3 is 0 Å². The Hall–Kier alpha value is -2.72. The number of aliphatic imine (C=N–C) groups is 1. The van der Waals surface area contributed by atoms with E-state index in [9.17, 15) is 4.79 Å². The summed E-state index contributed by atoms with van der Waals surface area (Å²) in [6.07, 6.45) is 8.89. The summed E-state index contributed by atoms with van der Waals surface area (Å²) in [4.78, 5) is 21.4. The molecule has 0 fully saturated rings. The zero-order valence-electron chi connectivity index (χ0n) is 13.4. The summed E-state index contributed by atoms with van der Waals surface area (Å²) < 4.78 is 0. The number of halogens is 1. The Kier molecular flexibility index (Phi) is 4.20. The van der Waals surface area contributed by atoms with E-state index in [-0.39, 0.29) is 11.8 Å². The predicted molar refractivity (Wildman–Crippen MR) is 102 cm³/mol. The summed E-state index contributed by atoms with van der Waals surface area (Å²) in [6, 6.07) is 11.6. The highest BCUT2D eigenvalue weighted by Crippen LogP contribution is 2.35. The monoisotopic (exact) mass is 349 g/mol. The van der Waals surface area contributed by atoms with Crippen LogP contribution in [0.1, 0.15) is 24.1 Å². The number of nitrogens with one attached hydrogen (secondary N) is 1. The molecule has 1 aliphatic carbocycles. The topological polar surface area (TPSA) is 54.4 Å². The van der Waals surface area contributed by atoms with Crippen molar-refractivity contribution in [3.8, 4) is 0 Å². The first-order valence-electron chi connectivity index (χ1n) is 8.18. The number of fused-ring (bicyclic) bond motifs is 2. The lowest BCUT2D eigenvalue weighted by molar-refractivity contribution is -0.118. The summed E-state index contributed by atoms with van der Waals surface area (Å²) in [5.74, 6) is -0.258. The first-order valence-corrected chi connectivity index (χ1v) is 8.55. The van der Waals surface area contributed by atoms with E-state index in [1.807, 2.05) is 54.6 Å². The Morgan fingerprint density at radius 2 is 2.12 bits per heavy atom. The van der Waals surface area contributed by atoms with Gasteiger partial charge in [-0.1, -0.05) is 29.8 Å². The summed E-state index contributed by atoms with van der Waals surface area (Å²) in [7, 11) is 0. The Bertz CT molecular complexity index is 916. The summed E-state index contributed by atoms with van der Waals surface area (Å²) in [5, 5.41) is 3.75. The SMILES string of the molecule is O=C1Nc2cc(C=Cc3ccccn3)ccc2N=C2C=C(Cl)CCC12. The standard InChI is InChI=1S/C20H16ClN3O/c21-14-6-8-16-18(12-14)23-17-9-5-13(11-19(17)24-20(16)25)4-7-15-3-1-2-10-22-15/h1-5,7,9-12,16H,6,8H2,(H,24,25). The van der Waals surface area contributed by atoms with Gasteiger partial charge in [0.1, 0.15) is 0 Å². The van der Waals surface area contributed by atoms with E-state index < -0.39 is 0 Å². The molecular weight excluding hydrogens is 334 g/mol. The van der Waals surface area contributed by atoms with Gasteiger partial charge in [0.05, 0.1) is 28.7 Å². The van der Waals surface area contributed by atoms with Crippen LogP contribution in [0, 0.1) is 5.92 Å². The van der Waals surface area contributed by atoms with E-state index in [0.717, 1.165) is 33.4 Å². The highest BCUT2D eigenvalue weighted by Gasteiger charge is 2.29. The van der Waals surface area contributed by atoms with Crippen LogP contribution in [0.15, 0.2) is 58.7 Å². The molecule has 1 aromatic heterocycles. The quantitative estimate of drug-likeness (QED) is 0.845. The molecule has 4 rings (SSSR count). The maximum absolute atomic E-state index is 12.5. The zero-order chi connectivity index (χ0) is 17.2. The molecule has 5 heteroatoms. The first kappa shape index (κ1) is 15.8. The number of hydrogen-bond donors (Lipinski definition) is 1. The molecule has 1 unspecified atom stereocenters. The van der Waals surface area contributed by atoms with Crippen molar-refractivity contribution in [1.82, 2.24) is 4.98 Å². The number of pyridine rings is 1. The number of aromatic nitrogens is 1. The molecule has 2 aliphatic rings. The van der Waals surface area contributed by atoms with Crippen LogP contribution in [0.5, 0.6) is 0 Å². The van der Waals surface area contributed by atoms with Gasteiger partial charge in [-0.25, -0.2) is 0 Å². The van der Waals surface area contributed by atoms with Crippen LogP contribution in [-0.4, -0.2) is 16.6 Å². The Balaban J connectivity index is 1.67. The van der Waals surface area contributed by atoms with E-state index in [2.05, 4.69) is 15.3 Å². The maximum atomic E-state index is 12.5. The van der Waals surface area contributed by atoms with Crippen molar-refractivity contribution in [1.29, 1.82) is 0 Å². The third-order valence-electron chi connectivity index (χ3n) is 4.31. The minimum Gasteiger partial charge on any atom is -0.324 e. The van der Waals surface area contributed by atoms with Crippen LogP contribution in [0.25, 0.3) is 12.2 Å². The molecule has 25 heavy (non-hydrogen) atoms. The van der Waals surface area contributed by atoms with Gasteiger partial charge < -0.3 is 5.32 Å². The minimum atomic E-state index is -0.234. The van der Waals surface area contributed by atoms with Gasteiger partial charge in [-0.05, 0) is 54.8 Å². The number of carbonyl (C=O) groups excluding carboxylic acids is 1. The average Bonchev–Trinajstić information content (AvgIpc) is 2.75. The lowest BCUT2D eigenvalue weighted by Gasteiger charge is -2.18. The molecule has 0 bridgehead atoms. The van der Waals surface area contributed by atoms with E-state index >= 15 is 0 Å². The summed E-state index contributed by atoms with van der Waals surface area (Å²) in [5.41, 5.74) is 4.07. The molecule has 2 aromatic rings. The first-order chi connectivity index (χ1) is 12.2. The van der Waals surface area contributed by atoms with Crippen molar-refractivity contribution >= 4 is 46.7 Å². The number of hydrogen-bond acceptors (Lipinski definition) is 3. The van der Waals surface area contributed by atoms with E-state index in [0.29, 0.717) is 12.8 Å². The maximum Gasteiger partial charge on any atom is 0.233 e. The van der Waals surface area contributed by atoms with Gasteiger partial charge in [0.15, 0.2) is 0 Å². The minimum absolute atomic E-state index is 0.0243. The second-order valence-electron chi connectivity index (χ2n) is 6.07. The van der Waals surface area contributed by atoms with Crippen molar-refractivity contribution in [2.24, 2.45) is 10.9 Å². The number of rotatable bonds is 2. The van der Waals surface area contributed by atoms with Crippen molar-refractivity contribution in [2.45, 2.75) is 12.8 Å². The number of benzene rings is 1. The van der Waals surface area contributed by atoms with Gasteiger partial charge in [-0.3, -0.25) is 14.8 Å². The predicted octanol–water partition coefficient (Wildman–Crippen LogP) is 4.81. The van der Waals surface area contributed by atoms with Crippen LogP contribution in [0.4, 0.5) is 11.4 Å². The van der Waals surface area contributed by atoms with Gasteiger partial charge in [-0.2, -0.15) is 0 Å². The van der Waals surface area contributed by atoms with Crippen LogP contribution < -0.4 is 5.32 Å². The van der Waals surface area contributed by atoms with Crippen LogP contribution in [0.2, 0.25) is 0 Å². The molecule has 0 spiro atoms. The Morgan fingerprint density at radius 3 is 2.96 bits per heavy atom. The number of amides is 1. The normalized spacial score (nSPS) is 19.4. The van der Waals surface area contributed by atoms with Crippen LogP contribution >= 0.6 is 11.6 Å². The molecule has 1 amide bonds. The fourth-order valence-corrected chi connectivity index (χ4v) is 3.23. The lowest BCUT2D eigenvalue weighted by atomic mass is 9.91. The van der Waals surface area contributed by atoms with Gasteiger partial charge in [0, 0.05) is 11.2 Å².